The molecule has 0 unspecified atom stereocenters. The molecule has 1 aromatic rings. The van der Waals surface area contributed by atoms with Crippen molar-refractivity contribution in [3.63, 3.8) is 0 Å². The number of hydrogen-bond acceptors (Lipinski definition) is 3. The van der Waals surface area contributed by atoms with Gasteiger partial charge in [0.2, 0.25) is 0 Å². The molecule has 19 heavy (non-hydrogen) atoms. The average molecular weight is 261 g/mol. The highest BCUT2D eigenvalue weighted by Gasteiger charge is 2.07. The molecule has 4 heteroatoms. The fraction of sp³-hybridized carbons (Fsp3) is 0.333. The molecule has 1 N–H and O–H groups in total. The first-order chi connectivity index (χ1) is 9.11. The standard InChI is InChI=1S/C15H19NO3/c1-3-12(2)16-14(17)11-19-15(18)10-9-13-7-5-4-6-8-13/h4-10,12H,3,11H2,1-2H3,(H,16,17)/b10-9+/t12-/m0/s1. The lowest BCUT2D eigenvalue weighted by molar-refractivity contribution is -0.144. The SMILES string of the molecule is CC[C@H](C)NC(=O)COC(=O)/C=C/c1ccccc1. The van der Waals surface area contributed by atoms with Gasteiger partial charge in [-0.3, -0.25) is 4.79 Å². The van der Waals surface area contributed by atoms with Gasteiger partial charge in [-0.2, -0.15) is 0 Å². The predicted molar refractivity (Wildman–Crippen MR) is 74.3 cm³/mol. The molecular weight excluding hydrogens is 242 g/mol. The van der Waals surface area contributed by atoms with Crippen LogP contribution >= 0.6 is 0 Å². The molecule has 0 radical (unpaired) electrons. The molecule has 0 aliphatic rings. The minimum absolute atomic E-state index is 0.0889. The smallest absolute Gasteiger partial charge is 0.331 e. The molecule has 0 aliphatic heterocycles. The molecule has 0 aliphatic carbocycles. The summed E-state index contributed by atoms with van der Waals surface area (Å²) in [5, 5.41) is 2.72. The molecule has 1 atom stereocenters. The monoisotopic (exact) mass is 261 g/mol. The van der Waals surface area contributed by atoms with Crippen molar-refractivity contribution in [2.75, 3.05) is 6.61 Å². The molecule has 0 saturated carbocycles. The summed E-state index contributed by atoms with van der Waals surface area (Å²) in [6.07, 6.45) is 3.80. The zero-order chi connectivity index (χ0) is 14.1. The second-order valence-corrected chi connectivity index (χ2v) is 4.23. The number of ether oxygens (including phenoxy) is 1. The van der Waals surface area contributed by atoms with Gasteiger partial charge in [0.15, 0.2) is 6.61 Å². The maximum absolute atomic E-state index is 11.4. The normalized spacial score (nSPS) is 12.1. The van der Waals surface area contributed by atoms with Crippen molar-refractivity contribution in [2.24, 2.45) is 0 Å². The van der Waals surface area contributed by atoms with Crippen LogP contribution in [0.5, 0.6) is 0 Å². The van der Waals surface area contributed by atoms with Gasteiger partial charge >= 0.3 is 5.97 Å². The number of rotatable bonds is 6. The average Bonchev–Trinajstić information content (AvgIpc) is 2.43. The Hall–Kier alpha value is -2.10. The molecule has 0 aromatic heterocycles. The topological polar surface area (TPSA) is 55.4 Å². The van der Waals surface area contributed by atoms with E-state index in [0.717, 1.165) is 12.0 Å². The minimum Gasteiger partial charge on any atom is -0.452 e. The van der Waals surface area contributed by atoms with E-state index in [1.807, 2.05) is 44.2 Å². The Morgan fingerprint density at radius 1 is 1.32 bits per heavy atom. The van der Waals surface area contributed by atoms with Crippen molar-refractivity contribution in [3.8, 4) is 0 Å². The maximum Gasteiger partial charge on any atom is 0.331 e. The molecule has 4 nitrogen and oxygen atoms in total. The molecule has 102 valence electrons. The summed E-state index contributed by atoms with van der Waals surface area (Å²) in [5.41, 5.74) is 0.906. The molecule has 1 amide bonds. The number of carbonyl (C=O) groups excluding carboxylic acids is 2. The van der Waals surface area contributed by atoms with Crippen molar-refractivity contribution in [2.45, 2.75) is 26.3 Å². The van der Waals surface area contributed by atoms with Gasteiger partial charge in [-0.25, -0.2) is 4.79 Å². The van der Waals surface area contributed by atoms with E-state index in [4.69, 9.17) is 4.74 Å². The third-order valence-corrected chi connectivity index (χ3v) is 2.58. The van der Waals surface area contributed by atoms with Gasteiger partial charge in [0.05, 0.1) is 0 Å². The zero-order valence-electron chi connectivity index (χ0n) is 11.3. The van der Waals surface area contributed by atoms with Crippen LogP contribution in [0.4, 0.5) is 0 Å². The predicted octanol–water partition coefficient (Wildman–Crippen LogP) is 2.16. The lowest BCUT2D eigenvalue weighted by atomic mass is 10.2. The van der Waals surface area contributed by atoms with Gasteiger partial charge in [0.1, 0.15) is 0 Å². The van der Waals surface area contributed by atoms with Crippen LogP contribution in [-0.4, -0.2) is 24.5 Å². The van der Waals surface area contributed by atoms with E-state index in [-0.39, 0.29) is 18.6 Å². The molecular formula is C15H19NO3. The van der Waals surface area contributed by atoms with Crippen LogP contribution in [0, 0.1) is 0 Å². The number of benzene rings is 1. The van der Waals surface area contributed by atoms with Crippen molar-refractivity contribution >= 4 is 18.0 Å². The van der Waals surface area contributed by atoms with Gasteiger partial charge in [0, 0.05) is 12.1 Å². The lowest BCUT2D eigenvalue weighted by Crippen LogP contribution is -2.35. The van der Waals surface area contributed by atoms with Gasteiger partial charge in [0.25, 0.3) is 5.91 Å². The van der Waals surface area contributed by atoms with Crippen LogP contribution in [-0.2, 0) is 14.3 Å². The second kappa shape index (κ2) is 8.08. The third kappa shape index (κ3) is 6.41. The molecule has 0 saturated heterocycles. The van der Waals surface area contributed by atoms with E-state index >= 15 is 0 Å². The van der Waals surface area contributed by atoms with E-state index in [2.05, 4.69) is 5.32 Å². The molecule has 0 spiro atoms. The van der Waals surface area contributed by atoms with Crippen LogP contribution in [0.2, 0.25) is 0 Å². The first kappa shape index (κ1) is 15.0. The van der Waals surface area contributed by atoms with Gasteiger partial charge < -0.3 is 10.1 Å². The van der Waals surface area contributed by atoms with E-state index in [1.54, 1.807) is 6.08 Å². The van der Waals surface area contributed by atoms with Crippen molar-refractivity contribution < 1.29 is 14.3 Å². The molecule has 0 bridgehead atoms. The quantitative estimate of drug-likeness (QED) is 0.630. The van der Waals surface area contributed by atoms with Gasteiger partial charge in [-0.1, -0.05) is 37.3 Å². The summed E-state index contributed by atoms with van der Waals surface area (Å²) in [4.78, 5) is 22.8. The largest absolute Gasteiger partial charge is 0.452 e. The van der Waals surface area contributed by atoms with E-state index in [1.165, 1.54) is 6.08 Å². The highest BCUT2D eigenvalue weighted by atomic mass is 16.5. The van der Waals surface area contributed by atoms with Crippen molar-refractivity contribution in [1.29, 1.82) is 0 Å². The van der Waals surface area contributed by atoms with Gasteiger partial charge in [-0.05, 0) is 25.0 Å². The highest BCUT2D eigenvalue weighted by molar-refractivity contribution is 5.89. The van der Waals surface area contributed by atoms with E-state index < -0.39 is 5.97 Å². The Bertz CT molecular complexity index is 440. The Morgan fingerprint density at radius 3 is 2.63 bits per heavy atom. The van der Waals surface area contributed by atoms with E-state index in [9.17, 15) is 9.59 Å². The van der Waals surface area contributed by atoms with Gasteiger partial charge in [-0.15, -0.1) is 0 Å². The van der Waals surface area contributed by atoms with Crippen LogP contribution in [0.15, 0.2) is 36.4 Å². The fourth-order valence-corrected chi connectivity index (χ4v) is 1.33. The molecule has 1 aromatic carbocycles. The molecule has 0 heterocycles. The maximum atomic E-state index is 11.4. The van der Waals surface area contributed by atoms with Crippen LogP contribution in [0.3, 0.4) is 0 Å². The summed E-state index contributed by atoms with van der Waals surface area (Å²) in [6.45, 7) is 3.62. The lowest BCUT2D eigenvalue weighted by Gasteiger charge is -2.10. The molecule has 1 rings (SSSR count). The Labute approximate surface area is 113 Å². The summed E-state index contributed by atoms with van der Waals surface area (Å²) in [7, 11) is 0. The van der Waals surface area contributed by atoms with Crippen LogP contribution < -0.4 is 5.32 Å². The number of carbonyl (C=O) groups is 2. The first-order valence-corrected chi connectivity index (χ1v) is 6.31. The first-order valence-electron chi connectivity index (χ1n) is 6.31. The number of amides is 1. The zero-order valence-corrected chi connectivity index (χ0v) is 11.3. The third-order valence-electron chi connectivity index (χ3n) is 2.58. The minimum atomic E-state index is -0.525. The Morgan fingerprint density at radius 2 is 2.00 bits per heavy atom. The second-order valence-electron chi connectivity index (χ2n) is 4.23. The summed E-state index contributed by atoms with van der Waals surface area (Å²) < 4.78 is 4.83. The number of esters is 1. The highest BCUT2D eigenvalue weighted by Crippen LogP contribution is 2.01. The summed E-state index contributed by atoms with van der Waals surface area (Å²) in [6, 6.07) is 9.49. The Kier molecular flexibility index (Phi) is 6.36. The summed E-state index contributed by atoms with van der Waals surface area (Å²) >= 11 is 0. The number of nitrogens with one attached hydrogen (secondary N) is 1. The Balaban J connectivity index is 2.32. The number of hydrogen-bond donors (Lipinski definition) is 1. The van der Waals surface area contributed by atoms with Crippen LogP contribution in [0.1, 0.15) is 25.8 Å². The van der Waals surface area contributed by atoms with E-state index in [0.29, 0.717) is 0 Å². The van der Waals surface area contributed by atoms with Crippen LogP contribution in [0.25, 0.3) is 6.08 Å². The van der Waals surface area contributed by atoms with Crippen molar-refractivity contribution in [1.82, 2.24) is 5.32 Å². The molecule has 0 fully saturated rings. The summed E-state index contributed by atoms with van der Waals surface area (Å²) in [5.74, 6) is -0.807. The fourth-order valence-electron chi connectivity index (χ4n) is 1.33. The van der Waals surface area contributed by atoms with Crippen molar-refractivity contribution in [3.05, 3.63) is 42.0 Å².